The van der Waals surface area contributed by atoms with E-state index in [2.05, 4.69) is 24.6 Å². The summed E-state index contributed by atoms with van der Waals surface area (Å²) >= 11 is 0. The van der Waals surface area contributed by atoms with Gasteiger partial charge in [0, 0.05) is 57.3 Å². The molecule has 9 heteroatoms. The van der Waals surface area contributed by atoms with E-state index >= 15 is 0 Å². The molecule has 0 aliphatic rings. The normalized spacial score (nSPS) is 11.5. The van der Waals surface area contributed by atoms with Gasteiger partial charge in [-0.2, -0.15) is 4.36 Å². The van der Waals surface area contributed by atoms with E-state index < -0.39 is 9.73 Å². The number of anilines is 2. The fourth-order valence-electron chi connectivity index (χ4n) is 3.28. The van der Waals surface area contributed by atoms with Crippen LogP contribution in [0.2, 0.25) is 0 Å². The van der Waals surface area contributed by atoms with E-state index in [9.17, 15) is 8.60 Å². The molecule has 0 fully saturated rings. The van der Waals surface area contributed by atoms with E-state index in [0.717, 1.165) is 16.5 Å². The van der Waals surface area contributed by atoms with Crippen molar-refractivity contribution in [2.24, 2.45) is 4.36 Å². The molecule has 0 aliphatic heterocycles. The van der Waals surface area contributed by atoms with Crippen molar-refractivity contribution in [2.45, 2.75) is 6.92 Å². The summed E-state index contributed by atoms with van der Waals surface area (Å²) < 4.78 is 35.7. The zero-order chi connectivity index (χ0) is 22.2. The highest BCUT2D eigenvalue weighted by atomic mass is 32.2. The standard InChI is InChI=1S/C22H22FN5O2S/c1-13-11-25-22(26-14-8-9-18(19(10-14)30-2)28-31(3,4)29)27-20(13)16-12-24-21-15(16)6-5-7-17(21)23/h5-12,24H,1-4H3,(H,25,26,27). The maximum Gasteiger partial charge on any atom is 0.227 e. The Morgan fingerprint density at radius 1 is 1.23 bits per heavy atom. The SMILES string of the molecule is COc1cc(Nc2ncc(C)c(-c3c[nH]c4c(F)cccc34)n2)ccc1N=S(C)(C)=O. The molecule has 160 valence electrons. The zero-order valence-corrected chi connectivity index (χ0v) is 18.4. The molecule has 31 heavy (non-hydrogen) atoms. The van der Waals surface area contributed by atoms with Crippen molar-refractivity contribution in [1.29, 1.82) is 0 Å². The molecule has 4 aromatic rings. The highest BCUT2D eigenvalue weighted by Crippen LogP contribution is 2.34. The molecule has 0 bridgehead atoms. The Labute approximate surface area is 179 Å². The molecule has 0 atom stereocenters. The van der Waals surface area contributed by atoms with Crippen LogP contribution in [0.5, 0.6) is 5.75 Å². The van der Waals surface area contributed by atoms with Crippen molar-refractivity contribution < 1.29 is 13.3 Å². The van der Waals surface area contributed by atoms with E-state index in [1.54, 1.807) is 49.2 Å². The Morgan fingerprint density at radius 3 is 2.77 bits per heavy atom. The maximum atomic E-state index is 14.1. The van der Waals surface area contributed by atoms with Crippen molar-refractivity contribution in [1.82, 2.24) is 15.0 Å². The van der Waals surface area contributed by atoms with Crippen molar-refractivity contribution in [3.63, 3.8) is 0 Å². The molecular formula is C22H22FN5O2S. The Morgan fingerprint density at radius 2 is 2.03 bits per heavy atom. The zero-order valence-electron chi connectivity index (χ0n) is 17.6. The lowest BCUT2D eigenvalue weighted by Crippen LogP contribution is -2.00. The van der Waals surface area contributed by atoms with E-state index in [1.165, 1.54) is 13.2 Å². The van der Waals surface area contributed by atoms with Gasteiger partial charge >= 0.3 is 0 Å². The second kappa shape index (κ2) is 7.99. The first-order chi connectivity index (χ1) is 14.7. The van der Waals surface area contributed by atoms with E-state index in [4.69, 9.17) is 4.74 Å². The summed E-state index contributed by atoms with van der Waals surface area (Å²) in [6.45, 7) is 1.91. The second-order valence-corrected chi connectivity index (χ2v) is 9.92. The number of benzene rings is 2. The van der Waals surface area contributed by atoms with Crippen molar-refractivity contribution in [3.05, 3.63) is 60.2 Å². The van der Waals surface area contributed by atoms with Gasteiger partial charge in [0.2, 0.25) is 5.95 Å². The monoisotopic (exact) mass is 439 g/mol. The average Bonchev–Trinajstić information content (AvgIpc) is 3.15. The number of methoxy groups -OCH3 is 1. The minimum atomic E-state index is -2.32. The smallest absolute Gasteiger partial charge is 0.227 e. The lowest BCUT2D eigenvalue weighted by Gasteiger charge is -2.11. The van der Waals surface area contributed by atoms with Crippen LogP contribution in [-0.4, -0.2) is 38.8 Å². The third kappa shape index (κ3) is 4.36. The van der Waals surface area contributed by atoms with Gasteiger partial charge in [-0.1, -0.05) is 12.1 Å². The predicted octanol–water partition coefficient (Wildman–Crippen LogP) is 5.18. The highest BCUT2D eigenvalue weighted by Gasteiger charge is 2.14. The summed E-state index contributed by atoms with van der Waals surface area (Å²) in [5, 5.41) is 3.91. The van der Waals surface area contributed by atoms with Crippen LogP contribution in [0.4, 0.5) is 21.7 Å². The summed E-state index contributed by atoms with van der Waals surface area (Å²) in [5.74, 6) is 0.559. The Hall–Kier alpha value is -3.46. The summed E-state index contributed by atoms with van der Waals surface area (Å²) in [6, 6.07) is 10.2. The van der Waals surface area contributed by atoms with Crippen LogP contribution in [-0.2, 0) is 9.73 Å². The molecule has 0 radical (unpaired) electrons. The van der Waals surface area contributed by atoms with E-state index in [1.807, 2.05) is 13.0 Å². The van der Waals surface area contributed by atoms with Gasteiger partial charge in [-0.25, -0.2) is 18.6 Å². The number of halogens is 1. The first-order valence-corrected chi connectivity index (χ1v) is 11.8. The molecule has 0 unspecified atom stereocenters. The van der Waals surface area contributed by atoms with Gasteiger partial charge < -0.3 is 15.0 Å². The van der Waals surface area contributed by atoms with Crippen LogP contribution in [0.25, 0.3) is 22.2 Å². The first kappa shape index (κ1) is 20.8. The number of hydrogen-bond acceptors (Lipinski definition) is 6. The number of hydrogen-bond donors (Lipinski definition) is 2. The summed E-state index contributed by atoms with van der Waals surface area (Å²) in [7, 11) is -0.788. The number of nitrogens with zero attached hydrogens (tertiary/aromatic N) is 3. The van der Waals surface area contributed by atoms with E-state index in [0.29, 0.717) is 34.3 Å². The Balaban J connectivity index is 1.71. The van der Waals surface area contributed by atoms with Gasteiger partial charge in [-0.05, 0) is 30.7 Å². The third-order valence-corrected chi connectivity index (χ3v) is 5.28. The van der Waals surface area contributed by atoms with E-state index in [-0.39, 0.29) is 5.82 Å². The molecule has 0 saturated heterocycles. The van der Waals surface area contributed by atoms with Crippen LogP contribution in [0, 0.1) is 12.7 Å². The average molecular weight is 440 g/mol. The number of ether oxygens (including phenoxy) is 1. The van der Waals surface area contributed by atoms with Gasteiger partial charge in [0.1, 0.15) is 17.3 Å². The van der Waals surface area contributed by atoms with Crippen LogP contribution < -0.4 is 10.1 Å². The summed E-state index contributed by atoms with van der Waals surface area (Å²) in [6.07, 6.45) is 6.60. The molecule has 2 aromatic heterocycles. The number of fused-ring (bicyclic) bond motifs is 1. The third-order valence-electron chi connectivity index (χ3n) is 4.65. The molecular weight excluding hydrogens is 417 g/mol. The van der Waals surface area contributed by atoms with Crippen molar-refractivity contribution in [2.75, 3.05) is 24.9 Å². The molecule has 0 saturated carbocycles. The second-order valence-electron chi connectivity index (χ2n) is 7.37. The summed E-state index contributed by atoms with van der Waals surface area (Å²) in [4.78, 5) is 12.0. The van der Waals surface area contributed by atoms with Crippen molar-refractivity contribution in [3.8, 4) is 17.0 Å². The number of aryl methyl sites for hydroxylation is 1. The number of aromatic amines is 1. The number of aromatic nitrogens is 3. The van der Waals surface area contributed by atoms with Crippen LogP contribution >= 0.6 is 0 Å². The molecule has 0 aliphatic carbocycles. The molecule has 2 heterocycles. The number of H-pyrrole nitrogens is 1. The molecule has 2 aromatic carbocycles. The number of rotatable bonds is 5. The lowest BCUT2D eigenvalue weighted by atomic mass is 10.1. The predicted molar refractivity (Wildman–Crippen MR) is 122 cm³/mol. The fraction of sp³-hybridized carbons (Fsp3) is 0.182. The lowest BCUT2D eigenvalue weighted by molar-refractivity contribution is 0.416. The minimum Gasteiger partial charge on any atom is -0.494 e. The van der Waals surface area contributed by atoms with Gasteiger partial charge in [0.05, 0.1) is 18.3 Å². The molecule has 0 amide bonds. The first-order valence-electron chi connectivity index (χ1n) is 9.47. The molecule has 4 rings (SSSR count). The Bertz CT molecular complexity index is 1400. The molecule has 7 nitrogen and oxygen atoms in total. The Kier molecular flexibility index (Phi) is 5.36. The minimum absolute atomic E-state index is 0.311. The van der Waals surface area contributed by atoms with Gasteiger partial charge in [-0.15, -0.1) is 0 Å². The summed E-state index contributed by atoms with van der Waals surface area (Å²) in [5.41, 5.74) is 4.00. The van der Waals surface area contributed by atoms with Crippen molar-refractivity contribution >= 4 is 38.0 Å². The van der Waals surface area contributed by atoms with Crippen LogP contribution in [0.15, 0.2) is 53.2 Å². The molecule has 0 spiro atoms. The van der Waals surface area contributed by atoms with Gasteiger partial charge in [0.15, 0.2) is 0 Å². The number of nitrogens with one attached hydrogen (secondary N) is 2. The highest BCUT2D eigenvalue weighted by molar-refractivity contribution is 7.92. The number of para-hydroxylation sites is 1. The van der Waals surface area contributed by atoms with Crippen LogP contribution in [0.3, 0.4) is 0 Å². The van der Waals surface area contributed by atoms with Gasteiger partial charge in [-0.3, -0.25) is 0 Å². The molecule has 2 N–H and O–H groups in total. The topological polar surface area (TPSA) is 92.3 Å². The van der Waals surface area contributed by atoms with Crippen LogP contribution in [0.1, 0.15) is 5.56 Å². The fourth-order valence-corrected chi connectivity index (χ4v) is 3.91. The largest absolute Gasteiger partial charge is 0.494 e. The van der Waals surface area contributed by atoms with Gasteiger partial charge in [0.25, 0.3) is 0 Å². The maximum absolute atomic E-state index is 14.1. The quantitative estimate of drug-likeness (QED) is 0.447.